The first-order chi connectivity index (χ1) is 22.0. The molecule has 5 aromatic rings. The molecule has 0 fully saturated rings. The fourth-order valence-corrected chi connectivity index (χ4v) is 8.06. The van der Waals surface area contributed by atoms with E-state index in [1.54, 1.807) is 6.92 Å². The number of likely N-dealkylation sites (N-methyl/N-ethyl adjacent to an activating group) is 1. The van der Waals surface area contributed by atoms with E-state index in [1.807, 2.05) is 78.9 Å². The lowest BCUT2D eigenvalue weighted by Gasteiger charge is -2.37. The van der Waals surface area contributed by atoms with Crippen LogP contribution >= 0.6 is 11.8 Å². The van der Waals surface area contributed by atoms with Crippen molar-refractivity contribution in [2.45, 2.75) is 23.6 Å². The summed E-state index contributed by atoms with van der Waals surface area (Å²) in [7, 11) is 0. The topological polar surface area (TPSA) is 66.8 Å². The number of nitrogens with zero attached hydrogens (tertiary/aromatic N) is 1. The van der Waals surface area contributed by atoms with Crippen LogP contribution < -0.4 is 0 Å². The molecular weight excluding hydrogens is 578 g/mol. The van der Waals surface area contributed by atoms with Gasteiger partial charge in [0.25, 0.3) is 0 Å². The van der Waals surface area contributed by atoms with Gasteiger partial charge in [0, 0.05) is 18.2 Å². The number of carbonyl (C=O) groups excluding carboxylic acids is 1. The second-order valence-corrected chi connectivity index (χ2v) is 12.3. The molecule has 0 saturated carbocycles. The third-order valence-corrected chi connectivity index (χ3v) is 10.2. The minimum absolute atomic E-state index is 0.111. The fourth-order valence-electron chi connectivity index (χ4n) is 6.42. The Hall–Kier alpha value is -4.81. The van der Waals surface area contributed by atoms with E-state index in [0.29, 0.717) is 0 Å². The van der Waals surface area contributed by atoms with Crippen molar-refractivity contribution >= 4 is 23.8 Å². The first-order valence-electron chi connectivity index (χ1n) is 15.2. The Morgan fingerprint density at radius 3 is 1.56 bits per heavy atom. The van der Waals surface area contributed by atoms with Gasteiger partial charge < -0.3 is 9.84 Å². The zero-order chi connectivity index (χ0) is 31.2. The minimum atomic E-state index is -1.11. The molecule has 0 saturated heterocycles. The third-order valence-electron chi connectivity index (χ3n) is 8.57. The van der Waals surface area contributed by atoms with Crippen molar-refractivity contribution in [1.82, 2.24) is 4.90 Å². The van der Waals surface area contributed by atoms with Gasteiger partial charge in [-0.05, 0) is 45.9 Å². The van der Waals surface area contributed by atoms with Gasteiger partial charge in [0.2, 0.25) is 0 Å². The second kappa shape index (κ2) is 13.4. The van der Waals surface area contributed by atoms with E-state index in [1.165, 1.54) is 16.7 Å². The normalized spacial score (nSPS) is 13.0. The molecule has 6 rings (SSSR count). The summed E-state index contributed by atoms with van der Waals surface area (Å²) in [5, 5.41) is 10.5. The molecular formula is C39H35NO4S. The van der Waals surface area contributed by atoms with Gasteiger partial charge in [-0.2, -0.15) is 0 Å². The highest BCUT2D eigenvalue weighted by Gasteiger charge is 2.40. The zero-order valence-corrected chi connectivity index (χ0v) is 25.9. The number of amides is 1. The molecule has 0 spiro atoms. The van der Waals surface area contributed by atoms with Gasteiger partial charge in [0.05, 0.1) is 4.75 Å². The number of carbonyl (C=O) groups is 2. The van der Waals surface area contributed by atoms with Crippen molar-refractivity contribution in [3.05, 3.63) is 167 Å². The summed E-state index contributed by atoms with van der Waals surface area (Å²) < 4.78 is 5.21. The summed E-state index contributed by atoms with van der Waals surface area (Å²) in [4.78, 5) is 27.9. The molecule has 0 aliphatic heterocycles. The van der Waals surface area contributed by atoms with Gasteiger partial charge in [-0.25, -0.2) is 9.59 Å². The van der Waals surface area contributed by atoms with Crippen molar-refractivity contribution < 1.29 is 19.4 Å². The molecule has 6 heteroatoms. The Balaban J connectivity index is 1.28. The van der Waals surface area contributed by atoms with E-state index >= 15 is 0 Å². The summed E-state index contributed by atoms with van der Waals surface area (Å²) in [6.07, 6.45) is -0.628. The molecule has 1 amide bonds. The van der Waals surface area contributed by atoms with E-state index in [0.717, 1.165) is 38.9 Å². The molecule has 1 atom stereocenters. The molecule has 0 aromatic heterocycles. The molecule has 226 valence electrons. The number of carboxylic acids is 1. The predicted octanol–water partition coefficient (Wildman–Crippen LogP) is 8.44. The van der Waals surface area contributed by atoms with Crippen LogP contribution in [0.2, 0.25) is 0 Å². The number of ether oxygens (including phenoxy) is 1. The van der Waals surface area contributed by atoms with Crippen LogP contribution in [0.1, 0.15) is 40.7 Å². The average molecular weight is 614 g/mol. The van der Waals surface area contributed by atoms with Crippen molar-refractivity contribution in [2.75, 3.05) is 18.9 Å². The summed E-state index contributed by atoms with van der Waals surface area (Å²) >= 11 is 1.52. The summed E-state index contributed by atoms with van der Waals surface area (Å²) in [6.45, 7) is 2.12. The smallest absolute Gasteiger partial charge is 0.410 e. The van der Waals surface area contributed by atoms with E-state index < -0.39 is 22.9 Å². The molecule has 1 aliphatic carbocycles. The molecule has 0 radical (unpaired) electrons. The predicted molar refractivity (Wildman–Crippen MR) is 181 cm³/mol. The van der Waals surface area contributed by atoms with Gasteiger partial charge in [-0.3, -0.25) is 4.90 Å². The molecule has 5 aromatic carbocycles. The highest BCUT2D eigenvalue weighted by molar-refractivity contribution is 8.00. The van der Waals surface area contributed by atoms with Crippen LogP contribution in [0, 0.1) is 0 Å². The lowest BCUT2D eigenvalue weighted by atomic mass is 9.84. The molecule has 0 heterocycles. The number of carboxylic acid groups (broad SMARTS) is 1. The standard InChI is InChI=1S/C39H35NO4S/c1-2-40(38(43)44-26-35-33-24-14-12-22-31(33)32-23-13-15-25-34(32)35)36(37(41)42)27-45-39(28-16-6-3-7-17-28,29-18-8-4-9-19-29)30-20-10-5-11-21-30/h3-25,35-36H,2,26-27H2,1H3,(H,41,42)/t36-/m0/s1. The summed E-state index contributed by atoms with van der Waals surface area (Å²) in [6, 6.07) is 45.6. The van der Waals surface area contributed by atoms with Crippen LogP contribution in [0.5, 0.6) is 0 Å². The van der Waals surface area contributed by atoms with E-state index in [2.05, 4.69) is 60.7 Å². The highest BCUT2D eigenvalue weighted by atomic mass is 32.2. The molecule has 1 N–H and O–H groups in total. The SMILES string of the molecule is CCN(C(=O)OCC1c2ccccc2-c2ccccc21)[C@@H](CSC(c1ccccc1)(c1ccccc1)c1ccccc1)C(=O)O. The molecule has 0 unspecified atom stereocenters. The third kappa shape index (κ3) is 5.86. The number of hydrogen-bond acceptors (Lipinski definition) is 4. The first kappa shape index (κ1) is 30.2. The van der Waals surface area contributed by atoms with Crippen LogP contribution in [0.25, 0.3) is 11.1 Å². The van der Waals surface area contributed by atoms with Crippen LogP contribution in [0.4, 0.5) is 4.79 Å². The summed E-state index contributed by atoms with van der Waals surface area (Å²) in [5.74, 6) is -1.04. The maximum absolute atomic E-state index is 13.7. The van der Waals surface area contributed by atoms with Gasteiger partial charge >= 0.3 is 12.1 Å². The lowest BCUT2D eigenvalue weighted by Crippen LogP contribution is -2.47. The summed E-state index contributed by atoms with van der Waals surface area (Å²) in [5.41, 5.74) is 7.58. The molecule has 5 nitrogen and oxygen atoms in total. The Labute approximate surface area is 268 Å². The minimum Gasteiger partial charge on any atom is -0.480 e. The van der Waals surface area contributed by atoms with Gasteiger partial charge in [0.15, 0.2) is 0 Å². The Kier molecular flexibility index (Phi) is 9.03. The maximum atomic E-state index is 13.7. The van der Waals surface area contributed by atoms with Crippen LogP contribution in [-0.2, 0) is 14.3 Å². The number of hydrogen-bond donors (Lipinski definition) is 1. The van der Waals surface area contributed by atoms with E-state index in [9.17, 15) is 14.7 Å². The van der Waals surface area contributed by atoms with Gasteiger partial charge in [-0.15, -0.1) is 11.8 Å². The largest absolute Gasteiger partial charge is 0.480 e. The van der Waals surface area contributed by atoms with Crippen LogP contribution in [0.15, 0.2) is 140 Å². The zero-order valence-electron chi connectivity index (χ0n) is 25.1. The number of aliphatic carboxylic acids is 1. The Morgan fingerprint density at radius 2 is 1.13 bits per heavy atom. The van der Waals surface area contributed by atoms with Crippen molar-refractivity contribution in [3.8, 4) is 11.1 Å². The second-order valence-electron chi connectivity index (χ2n) is 11.0. The number of benzene rings is 5. The molecule has 0 bridgehead atoms. The number of rotatable bonds is 11. The fraction of sp³-hybridized carbons (Fsp3) is 0.179. The maximum Gasteiger partial charge on any atom is 0.410 e. The van der Waals surface area contributed by atoms with Crippen molar-refractivity contribution in [3.63, 3.8) is 0 Å². The van der Waals surface area contributed by atoms with E-state index in [4.69, 9.17) is 4.74 Å². The van der Waals surface area contributed by atoms with Crippen LogP contribution in [-0.4, -0.2) is 47.0 Å². The van der Waals surface area contributed by atoms with Crippen LogP contribution in [0.3, 0.4) is 0 Å². The quantitative estimate of drug-likeness (QED) is 0.152. The Bertz CT molecular complexity index is 1620. The average Bonchev–Trinajstić information content (AvgIpc) is 3.42. The first-order valence-corrected chi connectivity index (χ1v) is 16.2. The number of fused-ring (bicyclic) bond motifs is 3. The lowest BCUT2D eigenvalue weighted by molar-refractivity contribution is -0.141. The number of thioether (sulfide) groups is 1. The van der Waals surface area contributed by atoms with E-state index in [-0.39, 0.29) is 24.8 Å². The van der Waals surface area contributed by atoms with Gasteiger partial charge in [0.1, 0.15) is 12.6 Å². The van der Waals surface area contributed by atoms with Gasteiger partial charge in [-0.1, -0.05) is 140 Å². The monoisotopic (exact) mass is 613 g/mol. The van der Waals surface area contributed by atoms with Crippen molar-refractivity contribution in [2.24, 2.45) is 0 Å². The highest BCUT2D eigenvalue weighted by Crippen LogP contribution is 2.49. The molecule has 1 aliphatic rings. The molecule has 45 heavy (non-hydrogen) atoms. The van der Waals surface area contributed by atoms with Crippen molar-refractivity contribution in [1.29, 1.82) is 0 Å². The Morgan fingerprint density at radius 1 is 0.711 bits per heavy atom.